The number of carbonyl (C=O) groups is 1. The SMILES string of the molecule is CC1=C(C(=O)Nc2ccccc2)CCCC1. The van der Waals surface area contributed by atoms with Crippen LogP contribution >= 0.6 is 0 Å². The molecule has 1 aromatic carbocycles. The quantitative estimate of drug-likeness (QED) is 0.803. The number of amides is 1. The molecule has 2 nitrogen and oxygen atoms in total. The van der Waals surface area contributed by atoms with Gasteiger partial charge in [0.25, 0.3) is 5.91 Å². The van der Waals surface area contributed by atoms with Crippen LogP contribution in [0, 0.1) is 0 Å². The van der Waals surface area contributed by atoms with Crippen LogP contribution in [0.5, 0.6) is 0 Å². The van der Waals surface area contributed by atoms with Gasteiger partial charge in [0.2, 0.25) is 0 Å². The van der Waals surface area contributed by atoms with Crippen LogP contribution in [0.2, 0.25) is 0 Å². The molecule has 0 fully saturated rings. The molecule has 0 spiro atoms. The van der Waals surface area contributed by atoms with Crippen molar-refractivity contribution in [3.8, 4) is 0 Å². The first-order valence-electron chi connectivity index (χ1n) is 5.82. The number of para-hydroxylation sites is 1. The molecule has 16 heavy (non-hydrogen) atoms. The van der Waals surface area contributed by atoms with E-state index in [2.05, 4.69) is 12.2 Å². The van der Waals surface area contributed by atoms with Gasteiger partial charge in [-0.25, -0.2) is 0 Å². The summed E-state index contributed by atoms with van der Waals surface area (Å²) >= 11 is 0. The van der Waals surface area contributed by atoms with Crippen molar-refractivity contribution in [1.82, 2.24) is 0 Å². The van der Waals surface area contributed by atoms with Gasteiger partial charge in [0, 0.05) is 11.3 Å². The Hall–Kier alpha value is -1.57. The predicted molar refractivity (Wildman–Crippen MR) is 66.2 cm³/mol. The third-order valence-electron chi connectivity index (χ3n) is 3.05. The summed E-state index contributed by atoms with van der Waals surface area (Å²) in [6.07, 6.45) is 4.34. The summed E-state index contributed by atoms with van der Waals surface area (Å²) < 4.78 is 0. The molecule has 84 valence electrons. The van der Waals surface area contributed by atoms with Crippen LogP contribution in [-0.4, -0.2) is 5.91 Å². The summed E-state index contributed by atoms with van der Waals surface area (Å²) in [7, 11) is 0. The van der Waals surface area contributed by atoms with Crippen LogP contribution in [0.1, 0.15) is 32.6 Å². The van der Waals surface area contributed by atoms with Gasteiger partial charge in [-0.2, -0.15) is 0 Å². The lowest BCUT2D eigenvalue weighted by Gasteiger charge is -2.17. The Morgan fingerprint density at radius 3 is 2.50 bits per heavy atom. The van der Waals surface area contributed by atoms with E-state index in [1.165, 1.54) is 12.0 Å². The first kappa shape index (κ1) is 10.9. The highest BCUT2D eigenvalue weighted by atomic mass is 16.1. The molecule has 0 aliphatic heterocycles. The van der Waals surface area contributed by atoms with Crippen molar-refractivity contribution in [3.05, 3.63) is 41.5 Å². The molecule has 1 aliphatic rings. The fraction of sp³-hybridized carbons (Fsp3) is 0.357. The van der Waals surface area contributed by atoms with Crippen molar-refractivity contribution >= 4 is 11.6 Å². The number of hydrogen-bond donors (Lipinski definition) is 1. The number of rotatable bonds is 2. The molecule has 0 heterocycles. The van der Waals surface area contributed by atoms with Crippen molar-refractivity contribution < 1.29 is 4.79 Å². The molecule has 0 atom stereocenters. The molecule has 0 bridgehead atoms. The van der Waals surface area contributed by atoms with E-state index in [4.69, 9.17) is 0 Å². The van der Waals surface area contributed by atoms with Gasteiger partial charge in [-0.15, -0.1) is 0 Å². The highest BCUT2D eigenvalue weighted by Gasteiger charge is 2.16. The Kier molecular flexibility index (Phi) is 3.40. The lowest BCUT2D eigenvalue weighted by Crippen LogP contribution is -2.17. The van der Waals surface area contributed by atoms with E-state index in [9.17, 15) is 4.79 Å². The number of anilines is 1. The van der Waals surface area contributed by atoms with E-state index in [-0.39, 0.29) is 5.91 Å². The third-order valence-corrected chi connectivity index (χ3v) is 3.05. The number of allylic oxidation sites excluding steroid dienone is 1. The zero-order chi connectivity index (χ0) is 11.4. The third kappa shape index (κ3) is 2.51. The van der Waals surface area contributed by atoms with Gasteiger partial charge in [-0.05, 0) is 44.7 Å². The number of benzene rings is 1. The minimum atomic E-state index is 0.0726. The minimum Gasteiger partial charge on any atom is -0.322 e. The molecule has 2 heteroatoms. The van der Waals surface area contributed by atoms with Crippen molar-refractivity contribution in [1.29, 1.82) is 0 Å². The Bertz CT molecular complexity index is 406. The topological polar surface area (TPSA) is 29.1 Å². The lowest BCUT2D eigenvalue weighted by molar-refractivity contribution is -0.113. The number of carbonyl (C=O) groups excluding carboxylic acids is 1. The molecule has 2 rings (SSSR count). The second-order valence-corrected chi connectivity index (χ2v) is 4.29. The molecule has 0 radical (unpaired) electrons. The highest BCUT2D eigenvalue weighted by Crippen LogP contribution is 2.25. The van der Waals surface area contributed by atoms with E-state index in [0.29, 0.717) is 0 Å². The molecule has 1 N–H and O–H groups in total. The Morgan fingerprint density at radius 1 is 1.12 bits per heavy atom. The minimum absolute atomic E-state index is 0.0726. The highest BCUT2D eigenvalue weighted by molar-refractivity contribution is 6.04. The molecule has 0 unspecified atom stereocenters. The van der Waals surface area contributed by atoms with Crippen molar-refractivity contribution in [3.63, 3.8) is 0 Å². The summed E-state index contributed by atoms with van der Waals surface area (Å²) in [4.78, 5) is 12.0. The summed E-state index contributed by atoms with van der Waals surface area (Å²) in [6, 6.07) is 9.63. The fourth-order valence-corrected chi connectivity index (χ4v) is 2.09. The lowest BCUT2D eigenvalue weighted by atomic mass is 9.92. The molecule has 1 aromatic rings. The van der Waals surface area contributed by atoms with Crippen LogP contribution in [0.3, 0.4) is 0 Å². The van der Waals surface area contributed by atoms with Gasteiger partial charge < -0.3 is 5.32 Å². The summed E-state index contributed by atoms with van der Waals surface area (Å²) in [6.45, 7) is 2.07. The predicted octanol–water partition coefficient (Wildman–Crippen LogP) is 3.52. The zero-order valence-corrected chi connectivity index (χ0v) is 9.62. The molecule has 1 aliphatic carbocycles. The van der Waals surface area contributed by atoms with Gasteiger partial charge in [-0.3, -0.25) is 4.79 Å². The summed E-state index contributed by atoms with van der Waals surface area (Å²) in [5.74, 6) is 0.0726. The summed E-state index contributed by atoms with van der Waals surface area (Å²) in [5.41, 5.74) is 3.10. The van der Waals surface area contributed by atoms with Crippen LogP contribution in [-0.2, 0) is 4.79 Å². The van der Waals surface area contributed by atoms with Crippen LogP contribution in [0.25, 0.3) is 0 Å². The average Bonchev–Trinajstić information content (AvgIpc) is 2.31. The van der Waals surface area contributed by atoms with E-state index < -0.39 is 0 Å². The van der Waals surface area contributed by atoms with E-state index in [0.717, 1.165) is 30.5 Å². The Morgan fingerprint density at radius 2 is 1.81 bits per heavy atom. The van der Waals surface area contributed by atoms with Crippen LogP contribution in [0.4, 0.5) is 5.69 Å². The molecule has 0 saturated heterocycles. The second kappa shape index (κ2) is 4.97. The Labute approximate surface area is 96.4 Å². The summed E-state index contributed by atoms with van der Waals surface area (Å²) in [5, 5.41) is 2.95. The van der Waals surface area contributed by atoms with E-state index in [1.807, 2.05) is 30.3 Å². The fourth-order valence-electron chi connectivity index (χ4n) is 2.09. The number of nitrogens with one attached hydrogen (secondary N) is 1. The van der Waals surface area contributed by atoms with Gasteiger partial charge in [0.1, 0.15) is 0 Å². The standard InChI is InChI=1S/C14H17NO/c1-11-7-5-6-10-13(11)14(16)15-12-8-3-2-4-9-12/h2-4,8-9H,5-7,10H2,1H3,(H,15,16). The molecule has 0 aromatic heterocycles. The average molecular weight is 215 g/mol. The van der Waals surface area contributed by atoms with Crippen molar-refractivity contribution in [2.45, 2.75) is 32.6 Å². The van der Waals surface area contributed by atoms with Gasteiger partial charge in [-0.1, -0.05) is 23.8 Å². The van der Waals surface area contributed by atoms with Gasteiger partial charge >= 0.3 is 0 Å². The maximum Gasteiger partial charge on any atom is 0.251 e. The maximum atomic E-state index is 12.0. The van der Waals surface area contributed by atoms with Crippen LogP contribution in [0.15, 0.2) is 41.5 Å². The maximum absolute atomic E-state index is 12.0. The molecule has 0 saturated carbocycles. The molecule has 1 amide bonds. The largest absolute Gasteiger partial charge is 0.322 e. The first-order valence-corrected chi connectivity index (χ1v) is 5.82. The number of hydrogen-bond acceptors (Lipinski definition) is 1. The van der Waals surface area contributed by atoms with Crippen molar-refractivity contribution in [2.24, 2.45) is 0 Å². The molecular formula is C14H17NO. The van der Waals surface area contributed by atoms with Gasteiger partial charge in [0.15, 0.2) is 0 Å². The van der Waals surface area contributed by atoms with Crippen molar-refractivity contribution in [2.75, 3.05) is 5.32 Å². The normalized spacial score (nSPS) is 16.1. The first-order chi connectivity index (χ1) is 7.77. The van der Waals surface area contributed by atoms with Gasteiger partial charge in [0.05, 0.1) is 0 Å². The van der Waals surface area contributed by atoms with E-state index in [1.54, 1.807) is 0 Å². The Balaban J connectivity index is 2.09. The van der Waals surface area contributed by atoms with E-state index >= 15 is 0 Å². The van der Waals surface area contributed by atoms with Crippen LogP contribution < -0.4 is 5.32 Å². The zero-order valence-electron chi connectivity index (χ0n) is 9.62. The second-order valence-electron chi connectivity index (χ2n) is 4.29. The monoisotopic (exact) mass is 215 g/mol. The smallest absolute Gasteiger partial charge is 0.251 e. The molecular weight excluding hydrogens is 198 g/mol.